The van der Waals surface area contributed by atoms with Crippen molar-refractivity contribution in [2.75, 3.05) is 0 Å². The van der Waals surface area contributed by atoms with Crippen LogP contribution >= 0.6 is 11.6 Å². The molecule has 0 bridgehead atoms. The molecule has 0 fully saturated rings. The molecule has 1 aromatic rings. The average molecular weight is 215 g/mol. The van der Waals surface area contributed by atoms with Gasteiger partial charge < -0.3 is 5.11 Å². The van der Waals surface area contributed by atoms with Crippen LogP contribution in [0.5, 0.6) is 0 Å². The van der Waals surface area contributed by atoms with Gasteiger partial charge in [0.1, 0.15) is 0 Å². The summed E-state index contributed by atoms with van der Waals surface area (Å²) in [6.45, 7) is 0. The van der Waals surface area contributed by atoms with E-state index >= 15 is 0 Å². The molecule has 2 rings (SSSR count). The molecule has 0 amide bonds. The SMILES string of the molecule is O=C(O)C1(F)CCc2cc(Cl)ccc21. The highest BCUT2D eigenvalue weighted by molar-refractivity contribution is 6.30. The molecular formula is C10H8ClFO2. The zero-order chi connectivity index (χ0) is 10.3. The maximum Gasteiger partial charge on any atom is 0.346 e. The summed E-state index contributed by atoms with van der Waals surface area (Å²) in [5.74, 6) is -1.42. The van der Waals surface area contributed by atoms with Crippen LogP contribution in [0.25, 0.3) is 0 Å². The van der Waals surface area contributed by atoms with Crippen molar-refractivity contribution >= 4 is 17.6 Å². The van der Waals surface area contributed by atoms with E-state index in [1.54, 1.807) is 6.07 Å². The van der Waals surface area contributed by atoms with Crippen LogP contribution in [-0.4, -0.2) is 11.1 Å². The second-order valence-corrected chi connectivity index (χ2v) is 3.84. The molecular weight excluding hydrogens is 207 g/mol. The Hall–Kier alpha value is -1.09. The molecule has 0 spiro atoms. The fraction of sp³-hybridized carbons (Fsp3) is 0.300. The number of carboxylic acid groups (broad SMARTS) is 1. The number of alkyl halides is 1. The van der Waals surface area contributed by atoms with Crippen LogP contribution in [0.4, 0.5) is 4.39 Å². The topological polar surface area (TPSA) is 37.3 Å². The molecule has 0 aliphatic heterocycles. The van der Waals surface area contributed by atoms with E-state index in [9.17, 15) is 9.18 Å². The van der Waals surface area contributed by atoms with Gasteiger partial charge in [-0.05, 0) is 24.1 Å². The number of aryl methyl sites for hydroxylation is 1. The largest absolute Gasteiger partial charge is 0.479 e. The molecule has 0 saturated heterocycles. The van der Waals surface area contributed by atoms with Gasteiger partial charge in [0.15, 0.2) is 0 Å². The number of benzene rings is 1. The Bertz CT molecular complexity index is 405. The highest BCUT2D eigenvalue weighted by Gasteiger charge is 2.46. The van der Waals surface area contributed by atoms with Crippen molar-refractivity contribution in [2.24, 2.45) is 0 Å². The molecule has 14 heavy (non-hydrogen) atoms. The van der Waals surface area contributed by atoms with E-state index in [1.807, 2.05) is 0 Å². The zero-order valence-electron chi connectivity index (χ0n) is 7.26. The van der Waals surface area contributed by atoms with Crippen LogP contribution < -0.4 is 0 Å². The molecule has 1 unspecified atom stereocenters. The van der Waals surface area contributed by atoms with E-state index < -0.39 is 11.6 Å². The summed E-state index contributed by atoms with van der Waals surface area (Å²) < 4.78 is 13.9. The number of rotatable bonds is 1. The summed E-state index contributed by atoms with van der Waals surface area (Å²) in [5.41, 5.74) is -1.28. The third kappa shape index (κ3) is 1.20. The van der Waals surface area contributed by atoms with Crippen LogP contribution in [0.1, 0.15) is 17.5 Å². The third-order valence-electron chi connectivity index (χ3n) is 2.57. The maximum absolute atomic E-state index is 13.9. The second-order valence-electron chi connectivity index (χ2n) is 3.41. The Morgan fingerprint density at radius 2 is 2.29 bits per heavy atom. The monoisotopic (exact) mass is 214 g/mol. The first kappa shape index (κ1) is 9.46. The van der Waals surface area contributed by atoms with Crippen molar-refractivity contribution in [1.29, 1.82) is 0 Å². The molecule has 1 aromatic carbocycles. The Kier molecular flexibility index (Phi) is 2.00. The van der Waals surface area contributed by atoms with Gasteiger partial charge in [0, 0.05) is 17.0 Å². The molecule has 2 nitrogen and oxygen atoms in total. The van der Waals surface area contributed by atoms with Crippen molar-refractivity contribution in [3.8, 4) is 0 Å². The predicted molar refractivity (Wildman–Crippen MR) is 50.2 cm³/mol. The van der Waals surface area contributed by atoms with E-state index in [1.165, 1.54) is 12.1 Å². The number of hydrogen-bond donors (Lipinski definition) is 1. The fourth-order valence-electron chi connectivity index (χ4n) is 1.82. The van der Waals surface area contributed by atoms with Crippen LogP contribution in [0.3, 0.4) is 0 Å². The summed E-state index contributed by atoms with van der Waals surface area (Å²) in [4.78, 5) is 10.8. The number of carboxylic acids is 1. The molecule has 1 N–H and O–H groups in total. The first-order valence-electron chi connectivity index (χ1n) is 4.25. The lowest BCUT2D eigenvalue weighted by Gasteiger charge is -2.14. The lowest BCUT2D eigenvalue weighted by atomic mass is 9.98. The minimum atomic E-state index is -2.22. The number of hydrogen-bond acceptors (Lipinski definition) is 1. The summed E-state index contributed by atoms with van der Waals surface area (Å²) in [7, 11) is 0. The fourth-order valence-corrected chi connectivity index (χ4v) is 2.01. The third-order valence-corrected chi connectivity index (χ3v) is 2.81. The van der Waals surface area contributed by atoms with Crippen LogP contribution in [0.15, 0.2) is 18.2 Å². The highest BCUT2D eigenvalue weighted by atomic mass is 35.5. The Morgan fingerprint density at radius 3 is 2.93 bits per heavy atom. The van der Waals surface area contributed by atoms with Gasteiger partial charge in [0.05, 0.1) is 0 Å². The van der Waals surface area contributed by atoms with E-state index in [-0.39, 0.29) is 12.0 Å². The zero-order valence-corrected chi connectivity index (χ0v) is 8.01. The van der Waals surface area contributed by atoms with E-state index in [0.29, 0.717) is 17.0 Å². The van der Waals surface area contributed by atoms with Gasteiger partial charge in [-0.25, -0.2) is 9.18 Å². The molecule has 0 heterocycles. The van der Waals surface area contributed by atoms with Gasteiger partial charge >= 0.3 is 5.97 Å². The van der Waals surface area contributed by atoms with Gasteiger partial charge in [-0.3, -0.25) is 0 Å². The Balaban J connectivity index is 2.55. The number of aliphatic carboxylic acids is 1. The minimum absolute atomic E-state index is 0.00198. The van der Waals surface area contributed by atoms with Crippen LogP contribution in [0, 0.1) is 0 Å². The Labute approximate surface area is 85.3 Å². The molecule has 1 aliphatic rings. The lowest BCUT2D eigenvalue weighted by Crippen LogP contribution is -2.27. The van der Waals surface area contributed by atoms with Crippen molar-refractivity contribution in [2.45, 2.75) is 18.5 Å². The first-order chi connectivity index (χ1) is 6.54. The van der Waals surface area contributed by atoms with E-state index in [4.69, 9.17) is 16.7 Å². The highest BCUT2D eigenvalue weighted by Crippen LogP contribution is 2.41. The smallest absolute Gasteiger partial charge is 0.346 e. The molecule has 0 aromatic heterocycles. The first-order valence-corrected chi connectivity index (χ1v) is 4.63. The van der Waals surface area contributed by atoms with Gasteiger partial charge in [0.25, 0.3) is 0 Å². The second kappa shape index (κ2) is 2.95. The summed E-state index contributed by atoms with van der Waals surface area (Å²) in [5, 5.41) is 9.29. The number of fused-ring (bicyclic) bond motifs is 1. The van der Waals surface area contributed by atoms with Crippen molar-refractivity contribution < 1.29 is 14.3 Å². The van der Waals surface area contributed by atoms with Crippen LogP contribution in [0.2, 0.25) is 5.02 Å². The number of carbonyl (C=O) groups is 1. The quantitative estimate of drug-likeness (QED) is 0.780. The molecule has 4 heteroatoms. The number of halogens is 2. The summed E-state index contributed by atoms with van der Waals surface area (Å²) >= 11 is 5.73. The van der Waals surface area contributed by atoms with Gasteiger partial charge in [-0.1, -0.05) is 17.7 Å². The summed E-state index contributed by atoms with van der Waals surface area (Å²) in [6.07, 6.45) is 0.427. The molecule has 1 aliphatic carbocycles. The molecule has 0 saturated carbocycles. The Morgan fingerprint density at radius 1 is 1.57 bits per heavy atom. The van der Waals surface area contributed by atoms with Gasteiger partial charge in [-0.2, -0.15) is 0 Å². The van der Waals surface area contributed by atoms with Crippen LogP contribution in [-0.2, 0) is 16.9 Å². The maximum atomic E-state index is 13.9. The van der Waals surface area contributed by atoms with Gasteiger partial charge in [-0.15, -0.1) is 0 Å². The molecule has 0 radical (unpaired) electrons. The minimum Gasteiger partial charge on any atom is -0.479 e. The molecule has 74 valence electrons. The van der Waals surface area contributed by atoms with E-state index in [2.05, 4.69) is 0 Å². The van der Waals surface area contributed by atoms with E-state index in [0.717, 1.165) is 0 Å². The standard InChI is InChI=1S/C10H8ClFO2/c11-7-1-2-8-6(5-7)3-4-10(8,12)9(13)14/h1-2,5H,3-4H2,(H,13,14). The summed E-state index contributed by atoms with van der Waals surface area (Å²) in [6, 6.07) is 4.60. The normalized spacial score (nSPS) is 24.7. The molecule has 1 atom stereocenters. The average Bonchev–Trinajstić information content (AvgIpc) is 2.45. The van der Waals surface area contributed by atoms with Gasteiger partial charge in [0.2, 0.25) is 5.67 Å². The lowest BCUT2D eigenvalue weighted by molar-refractivity contribution is -0.151. The van der Waals surface area contributed by atoms with Crippen molar-refractivity contribution in [3.05, 3.63) is 34.3 Å². The van der Waals surface area contributed by atoms with Crippen molar-refractivity contribution in [3.63, 3.8) is 0 Å². The van der Waals surface area contributed by atoms with Crippen molar-refractivity contribution in [1.82, 2.24) is 0 Å². The predicted octanol–water partition coefficient (Wildman–Crippen LogP) is 2.54.